The fraction of sp³-hybridized carbons (Fsp3) is 0.529. The Hall–Kier alpha value is -2.28. The minimum Gasteiger partial charge on any atom is -0.306 e. The molecule has 0 aromatic carbocycles. The van der Waals surface area contributed by atoms with Crippen molar-refractivity contribution in [3.05, 3.63) is 41.0 Å². The molecule has 3 aromatic heterocycles. The maximum atomic E-state index is 4.64. The van der Waals surface area contributed by atoms with Crippen molar-refractivity contribution < 1.29 is 0 Å². The number of nitrogens with zero attached hydrogens (tertiary/aromatic N) is 6. The van der Waals surface area contributed by atoms with Crippen molar-refractivity contribution in [1.29, 1.82) is 0 Å². The van der Waals surface area contributed by atoms with Gasteiger partial charge < -0.3 is 5.32 Å². The van der Waals surface area contributed by atoms with E-state index >= 15 is 0 Å². The first-order valence-electron chi connectivity index (χ1n) is 8.60. The molecule has 1 N–H and O–H groups in total. The lowest BCUT2D eigenvalue weighted by atomic mass is 10.1. The highest BCUT2D eigenvalue weighted by molar-refractivity contribution is 5.34. The fourth-order valence-corrected chi connectivity index (χ4v) is 3.33. The smallest absolute Gasteiger partial charge is 0.234 e. The number of rotatable bonds is 4. The summed E-state index contributed by atoms with van der Waals surface area (Å²) in [5, 5.41) is 8.18. The normalized spacial score (nSPS) is 17.4. The van der Waals surface area contributed by atoms with Crippen molar-refractivity contribution in [2.24, 2.45) is 0 Å². The molecule has 7 heteroatoms. The van der Waals surface area contributed by atoms with Gasteiger partial charge in [-0.05, 0) is 26.3 Å². The second-order valence-electron chi connectivity index (χ2n) is 6.54. The molecule has 3 aromatic rings. The minimum atomic E-state index is 0.407. The van der Waals surface area contributed by atoms with E-state index in [1.807, 2.05) is 11.3 Å². The Kier molecular flexibility index (Phi) is 3.80. The van der Waals surface area contributed by atoms with Crippen LogP contribution in [-0.2, 0) is 25.9 Å². The molecule has 4 rings (SSSR count). The molecule has 0 radical (unpaired) electrons. The molecular formula is C17H23N7. The van der Waals surface area contributed by atoms with Gasteiger partial charge in [0, 0.05) is 43.0 Å². The van der Waals surface area contributed by atoms with Gasteiger partial charge in [-0.2, -0.15) is 5.10 Å². The van der Waals surface area contributed by atoms with Gasteiger partial charge in [0.2, 0.25) is 5.78 Å². The zero-order valence-electron chi connectivity index (χ0n) is 14.5. The maximum absolute atomic E-state index is 4.64. The van der Waals surface area contributed by atoms with Crippen LogP contribution in [0.15, 0.2) is 12.3 Å². The number of aryl methyl sites for hydroxylation is 4. The van der Waals surface area contributed by atoms with Crippen LogP contribution in [0.25, 0.3) is 5.78 Å². The number of hydrogen-bond donors (Lipinski definition) is 1. The van der Waals surface area contributed by atoms with E-state index in [9.17, 15) is 0 Å². The topological polar surface area (TPSA) is 72.9 Å². The number of fused-ring (bicyclic) bond motifs is 2. The van der Waals surface area contributed by atoms with Gasteiger partial charge in [0.05, 0.1) is 12.2 Å². The summed E-state index contributed by atoms with van der Waals surface area (Å²) in [6, 6.07) is 2.48. The van der Waals surface area contributed by atoms with Crippen molar-refractivity contribution >= 4 is 5.78 Å². The van der Waals surface area contributed by atoms with Crippen LogP contribution in [0, 0.1) is 13.8 Å². The lowest BCUT2D eigenvalue weighted by Gasteiger charge is -2.23. The van der Waals surface area contributed by atoms with Crippen LogP contribution in [-0.4, -0.2) is 35.2 Å². The molecule has 0 unspecified atom stereocenters. The van der Waals surface area contributed by atoms with E-state index in [1.54, 1.807) is 0 Å². The maximum Gasteiger partial charge on any atom is 0.234 e. The van der Waals surface area contributed by atoms with Crippen LogP contribution >= 0.6 is 0 Å². The fourth-order valence-electron chi connectivity index (χ4n) is 3.33. The molecule has 1 aliphatic rings. The summed E-state index contributed by atoms with van der Waals surface area (Å²) in [6.07, 6.45) is 5.04. The molecule has 24 heavy (non-hydrogen) atoms. The SMILES string of the molecule is CCc1nc2n(n1)C[C@H](NCc1cn3c(C)cc(C)nc3n1)CC2. The first kappa shape index (κ1) is 15.3. The Morgan fingerprint density at radius 3 is 2.96 bits per heavy atom. The molecule has 4 heterocycles. The first-order chi connectivity index (χ1) is 11.6. The van der Waals surface area contributed by atoms with Crippen molar-refractivity contribution in [3.63, 3.8) is 0 Å². The molecule has 1 atom stereocenters. The summed E-state index contributed by atoms with van der Waals surface area (Å²) < 4.78 is 4.10. The first-order valence-corrected chi connectivity index (χ1v) is 8.60. The van der Waals surface area contributed by atoms with E-state index in [4.69, 9.17) is 0 Å². The summed E-state index contributed by atoms with van der Waals surface area (Å²) in [5.74, 6) is 2.84. The predicted octanol–water partition coefficient (Wildman–Crippen LogP) is 1.60. The van der Waals surface area contributed by atoms with Gasteiger partial charge in [0.1, 0.15) is 5.82 Å². The standard InChI is InChI=1S/C17H23N7/c1-4-15-21-16-6-5-13(10-24(16)22-15)18-8-14-9-23-12(3)7-11(2)19-17(23)20-14/h7,9,13,18H,4-6,8,10H2,1-3H3/t13-/m1/s1. The van der Waals surface area contributed by atoms with Crippen molar-refractivity contribution in [3.8, 4) is 0 Å². The third kappa shape index (κ3) is 2.80. The largest absolute Gasteiger partial charge is 0.306 e. The van der Waals surface area contributed by atoms with E-state index in [0.717, 1.165) is 66.9 Å². The zero-order chi connectivity index (χ0) is 16.7. The molecule has 0 amide bonds. The Balaban J connectivity index is 1.45. The van der Waals surface area contributed by atoms with Crippen LogP contribution in [0.2, 0.25) is 0 Å². The molecule has 0 saturated heterocycles. The van der Waals surface area contributed by atoms with Crippen LogP contribution in [0.1, 0.15) is 42.1 Å². The van der Waals surface area contributed by atoms with Crippen LogP contribution in [0.4, 0.5) is 0 Å². The van der Waals surface area contributed by atoms with Crippen molar-refractivity contribution in [1.82, 2.24) is 34.4 Å². The molecule has 0 aliphatic carbocycles. The van der Waals surface area contributed by atoms with Crippen molar-refractivity contribution in [2.45, 2.75) is 59.2 Å². The summed E-state index contributed by atoms with van der Waals surface area (Å²) in [7, 11) is 0. The molecule has 0 bridgehead atoms. The Morgan fingerprint density at radius 1 is 1.25 bits per heavy atom. The monoisotopic (exact) mass is 325 g/mol. The lowest BCUT2D eigenvalue weighted by molar-refractivity contribution is 0.356. The van der Waals surface area contributed by atoms with Gasteiger partial charge in [-0.25, -0.2) is 19.6 Å². The predicted molar refractivity (Wildman–Crippen MR) is 90.8 cm³/mol. The van der Waals surface area contributed by atoms with E-state index in [2.05, 4.69) is 56.2 Å². The molecular weight excluding hydrogens is 302 g/mol. The third-order valence-electron chi connectivity index (χ3n) is 4.60. The summed E-state index contributed by atoms with van der Waals surface area (Å²) >= 11 is 0. The Bertz CT molecular complexity index is 877. The van der Waals surface area contributed by atoms with E-state index in [0.29, 0.717) is 6.04 Å². The Labute approximate surface area is 141 Å². The summed E-state index contributed by atoms with van der Waals surface area (Å²) in [4.78, 5) is 13.7. The van der Waals surface area contributed by atoms with Gasteiger partial charge in [-0.1, -0.05) is 6.92 Å². The highest BCUT2D eigenvalue weighted by atomic mass is 15.4. The second-order valence-corrected chi connectivity index (χ2v) is 6.54. The summed E-state index contributed by atoms with van der Waals surface area (Å²) in [6.45, 7) is 7.81. The van der Waals surface area contributed by atoms with Gasteiger partial charge in [0.15, 0.2) is 5.82 Å². The highest BCUT2D eigenvalue weighted by Crippen LogP contribution is 2.14. The highest BCUT2D eigenvalue weighted by Gasteiger charge is 2.21. The zero-order valence-corrected chi connectivity index (χ0v) is 14.5. The van der Waals surface area contributed by atoms with E-state index in [1.165, 1.54) is 0 Å². The van der Waals surface area contributed by atoms with Gasteiger partial charge >= 0.3 is 0 Å². The minimum absolute atomic E-state index is 0.407. The van der Waals surface area contributed by atoms with Crippen LogP contribution < -0.4 is 5.32 Å². The number of aromatic nitrogens is 6. The molecule has 7 nitrogen and oxygen atoms in total. The van der Waals surface area contributed by atoms with Crippen LogP contribution in [0.3, 0.4) is 0 Å². The average Bonchev–Trinajstić information content (AvgIpc) is 3.15. The van der Waals surface area contributed by atoms with E-state index < -0.39 is 0 Å². The second kappa shape index (κ2) is 5.98. The van der Waals surface area contributed by atoms with Gasteiger partial charge in [-0.15, -0.1) is 0 Å². The van der Waals surface area contributed by atoms with Gasteiger partial charge in [-0.3, -0.25) is 4.40 Å². The molecule has 1 aliphatic heterocycles. The number of hydrogen-bond acceptors (Lipinski definition) is 5. The van der Waals surface area contributed by atoms with Crippen LogP contribution in [0.5, 0.6) is 0 Å². The molecule has 0 saturated carbocycles. The van der Waals surface area contributed by atoms with Crippen molar-refractivity contribution in [2.75, 3.05) is 0 Å². The number of imidazole rings is 1. The molecule has 126 valence electrons. The molecule has 0 spiro atoms. The quantitative estimate of drug-likeness (QED) is 0.789. The number of nitrogens with one attached hydrogen (secondary N) is 1. The van der Waals surface area contributed by atoms with Gasteiger partial charge in [0.25, 0.3) is 0 Å². The lowest BCUT2D eigenvalue weighted by Crippen LogP contribution is -2.37. The third-order valence-corrected chi connectivity index (χ3v) is 4.60. The Morgan fingerprint density at radius 2 is 2.12 bits per heavy atom. The van der Waals surface area contributed by atoms with E-state index in [-0.39, 0.29) is 0 Å². The average molecular weight is 325 g/mol. The summed E-state index contributed by atoms with van der Waals surface area (Å²) in [5.41, 5.74) is 3.19. The molecule has 0 fully saturated rings.